The molecule has 3 rings (SSSR count). The van der Waals surface area contributed by atoms with E-state index in [4.69, 9.17) is 17.3 Å². The lowest BCUT2D eigenvalue weighted by Crippen LogP contribution is -2.31. The van der Waals surface area contributed by atoms with Gasteiger partial charge in [0.05, 0.1) is 6.20 Å². The first-order valence-electron chi connectivity index (χ1n) is 8.33. The molecule has 1 atom stereocenters. The topological polar surface area (TPSA) is 113 Å². The van der Waals surface area contributed by atoms with Gasteiger partial charge in [0.1, 0.15) is 10.8 Å². The van der Waals surface area contributed by atoms with Gasteiger partial charge in [-0.2, -0.15) is 4.98 Å². The first-order chi connectivity index (χ1) is 13.0. The zero-order valence-corrected chi connectivity index (χ0v) is 15.2. The summed E-state index contributed by atoms with van der Waals surface area (Å²) in [5.74, 6) is 0.229. The van der Waals surface area contributed by atoms with Gasteiger partial charge in [0.2, 0.25) is 11.9 Å². The Morgan fingerprint density at radius 1 is 1.33 bits per heavy atom. The van der Waals surface area contributed by atoms with Crippen LogP contribution in [-0.2, 0) is 4.79 Å². The highest BCUT2D eigenvalue weighted by molar-refractivity contribution is 6.32. The highest BCUT2D eigenvalue weighted by Gasteiger charge is 2.27. The smallest absolute Gasteiger partial charge is 0.253 e. The fraction of sp³-hybridized carbons (Fsp3) is 0.222. The predicted octanol–water partition coefficient (Wildman–Crippen LogP) is 2.16. The number of likely N-dealkylation sites (tertiary alicyclic amines) is 1. The molecule has 0 saturated carbocycles. The van der Waals surface area contributed by atoms with Crippen molar-refractivity contribution >= 4 is 40.9 Å². The molecule has 1 unspecified atom stereocenters. The van der Waals surface area contributed by atoms with Crippen LogP contribution in [0.5, 0.6) is 0 Å². The lowest BCUT2D eigenvalue weighted by atomic mass is 10.2. The van der Waals surface area contributed by atoms with Crippen LogP contribution in [0.25, 0.3) is 0 Å². The number of hydrogen-bond acceptors (Lipinski definition) is 6. The summed E-state index contributed by atoms with van der Waals surface area (Å²) in [6, 6.07) is 6.77. The van der Waals surface area contributed by atoms with Crippen molar-refractivity contribution < 1.29 is 9.59 Å². The minimum Gasteiger partial charge on any atom is -0.382 e. The summed E-state index contributed by atoms with van der Waals surface area (Å²) in [4.78, 5) is 33.9. The zero-order chi connectivity index (χ0) is 19.4. The van der Waals surface area contributed by atoms with E-state index < -0.39 is 0 Å². The zero-order valence-electron chi connectivity index (χ0n) is 14.5. The molecule has 1 fully saturated rings. The quantitative estimate of drug-likeness (QED) is 0.678. The van der Waals surface area contributed by atoms with Crippen LogP contribution < -0.4 is 16.4 Å². The Labute approximate surface area is 161 Å². The summed E-state index contributed by atoms with van der Waals surface area (Å²) < 4.78 is 0. The summed E-state index contributed by atoms with van der Waals surface area (Å²) in [6.45, 7) is 4.55. The number of benzene rings is 1. The molecule has 1 aliphatic rings. The van der Waals surface area contributed by atoms with Crippen molar-refractivity contribution in [1.82, 2.24) is 14.9 Å². The summed E-state index contributed by atoms with van der Waals surface area (Å²) in [5, 5.41) is 6.12. The lowest BCUT2D eigenvalue weighted by molar-refractivity contribution is -0.111. The number of carbonyl (C=O) groups is 2. The van der Waals surface area contributed by atoms with Gasteiger partial charge in [-0.25, -0.2) is 4.98 Å². The van der Waals surface area contributed by atoms with Gasteiger partial charge in [-0.05, 0) is 36.8 Å². The molecule has 140 valence electrons. The van der Waals surface area contributed by atoms with E-state index in [-0.39, 0.29) is 23.7 Å². The largest absolute Gasteiger partial charge is 0.382 e. The fourth-order valence-corrected chi connectivity index (χ4v) is 2.86. The minimum absolute atomic E-state index is 0.0284. The summed E-state index contributed by atoms with van der Waals surface area (Å²) in [5.41, 5.74) is 6.84. The molecule has 8 nitrogen and oxygen atoms in total. The number of carbonyl (C=O) groups excluding carboxylic acids is 2. The van der Waals surface area contributed by atoms with Crippen LogP contribution >= 0.6 is 11.6 Å². The van der Waals surface area contributed by atoms with Gasteiger partial charge in [0, 0.05) is 30.4 Å². The van der Waals surface area contributed by atoms with Crippen LogP contribution in [0, 0.1) is 0 Å². The van der Waals surface area contributed by atoms with Gasteiger partial charge in [-0.1, -0.05) is 18.2 Å². The van der Waals surface area contributed by atoms with Crippen molar-refractivity contribution in [2.45, 2.75) is 12.5 Å². The normalized spacial score (nSPS) is 16.0. The number of amides is 2. The second kappa shape index (κ2) is 8.05. The molecule has 0 spiro atoms. The molecular weight excluding hydrogens is 368 g/mol. The highest BCUT2D eigenvalue weighted by Crippen LogP contribution is 2.20. The molecular formula is C18H19ClN6O2. The third-order valence-corrected chi connectivity index (χ3v) is 4.46. The summed E-state index contributed by atoms with van der Waals surface area (Å²) >= 11 is 5.82. The maximum absolute atomic E-state index is 12.7. The SMILES string of the molecule is C=CC(=O)Nc1ccc(C(=O)N2CCC(Nc3ncc(Cl)c(N)n3)C2)cc1. The minimum atomic E-state index is -0.299. The molecule has 4 N–H and O–H groups in total. The molecule has 2 aromatic rings. The van der Waals surface area contributed by atoms with Crippen molar-refractivity contribution in [3.8, 4) is 0 Å². The number of halogens is 1. The lowest BCUT2D eigenvalue weighted by Gasteiger charge is -2.17. The third kappa shape index (κ3) is 4.53. The van der Waals surface area contributed by atoms with Crippen molar-refractivity contribution in [2.24, 2.45) is 0 Å². The Hall–Kier alpha value is -3.13. The maximum Gasteiger partial charge on any atom is 0.253 e. The van der Waals surface area contributed by atoms with Crippen LogP contribution in [0.4, 0.5) is 17.5 Å². The number of nitrogens with one attached hydrogen (secondary N) is 2. The fourth-order valence-electron chi connectivity index (χ4n) is 2.77. The number of aromatic nitrogens is 2. The Bertz CT molecular complexity index is 871. The number of hydrogen-bond donors (Lipinski definition) is 3. The number of nitrogens with two attached hydrogens (primary N) is 1. The molecule has 0 bridgehead atoms. The van der Waals surface area contributed by atoms with E-state index in [1.807, 2.05) is 0 Å². The van der Waals surface area contributed by atoms with Gasteiger partial charge in [0.25, 0.3) is 5.91 Å². The van der Waals surface area contributed by atoms with E-state index in [1.165, 1.54) is 12.3 Å². The van der Waals surface area contributed by atoms with Crippen LogP contribution in [0.1, 0.15) is 16.8 Å². The van der Waals surface area contributed by atoms with Crippen LogP contribution in [-0.4, -0.2) is 45.8 Å². The Morgan fingerprint density at radius 3 is 2.74 bits per heavy atom. The van der Waals surface area contributed by atoms with E-state index in [0.29, 0.717) is 35.3 Å². The predicted molar refractivity (Wildman–Crippen MR) is 105 cm³/mol. The number of anilines is 3. The molecule has 1 aliphatic heterocycles. The van der Waals surface area contributed by atoms with E-state index in [1.54, 1.807) is 29.2 Å². The molecule has 1 aromatic carbocycles. The second-order valence-corrected chi connectivity index (χ2v) is 6.49. The number of nitrogen functional groups attached to an aromatic ring is 1. The molecule has 27 heavy (non-hydrogen) atoms. The average molecular weight is 387 g/mol. The van der Waals surface area contributed by atoms with Crippen LogP contribution in [0.2, 0.25) is 5.02 Å². The first-order valence-corrected chi connectivity index (χ1v) is 8.71. The average Bonchev–Trinajstić information content (AvgIpc) is 3.13. The molecule has 2 amide bonds. The standard InChI is InChI=1S/C18H19ClN6O2/c1-2-15(26)22-12-5-3-11(4-6-12)17(27)25-8-7-13(10-25)23-18-21-9-14(19)16(20)24-18/h2-6,9,13H,1,7-8,10H2,(H,22,26)(H3,20,21,23,24). The Morgan fingerprint density at radius 2 is 2.07 bits per heavy atom. The monoisotopic (exact) mass is 386 g/mol. The summed E-state index contributed by atoms with van der Waals surface area (Å²) in [6.07, 6.45) is 3.40. The van der Waals surface area contributed by atoms with Gasteiger partial charge in [-0.15, -0.1) is 0 Å². The first kappa shape index (κ1) is 18.7. The van der Waals surface area contributed by atoms with E-state index in [2.05, 4.69) is 27.2 Å². The molecule has 9 heteroatoms. The third-order valence-electron chi connectivity index (χ3n) is 4.16. The highest BCUT2D eigenvalue weighted by atomic mass is 35.5. The molecule has 1 saturated heterocycles. The Balaban J connectivity index is 1.59. The van der Waals surface area contributed by atoms with E-state index in [0.717, 1.165) is 6.42 Å². The Kier molecular flexibility index (Phi) is 5.56. The maximum atomic E-state index is 12.7. The van der Waals surface area contributed by atoms with E-state index >= 15 is 0 Å². The molecule has 0 aliphatic carbocycles. The second-order valence-electron chi connectivity index (χ2n) is 6.08. The van der Waals surface area contributed by atoms with Gasteiger partial charge in [-0.3, -0.25) is 9.59 Å². The van der Waals surface area contributed by atoms with E-state index in [9.17, 15) is 9.59 Å². The van der Waals surface area contributed by atoms with Crippen molar-refractivity contribution in [3.63, 3.8) is 0 Å². The summed E-state index contributed by atoms with van der Waals surface area (Å²) in [7, 11) is 0. The number of rotatable bonds is 5. The van der Waals surface area contributed by atoms with Crippen molar-refractivity contribution in [1.29, 1.82) is 0 Å². The van der Waals surface area contributed by atoms with Crippen LogP contribution in [0.3, 0.4) is 0 Å². The van der Waals surface area contributed by atoms with Gasteiger partial charge in [0.15, 0.2) is 0 Å². The molecule has 0 radical (unpaired) electrons. The van der Waals surface area contributed by atoms with Crippen molar-refractivity contribution in [3.05, 3.63) is 53.7 Å². The van der Waals surface area contributed by atoms with Gasteiger partial charge < -0.3 is 21.3 Å². The van der Waals surface area contributed by atoms with Crippen LogP contribution in [0.15, 0.2) is 43.1 Å². The van der Waals surface area contributed by atoms with Crippen molar-refractivity contribution in [2.75, 3.05) is 29.5 Å². The van der Waals surface area contributed by atoms with Gasteiger partial charge >= 0.3 is 0 Å². The molecule has 2 heterocycles. The molecule has 1 aromatic heterocycles. The number of nitrogens with zero attached hydrogens (tertiary/aromatic N) is 3.